The smallest absolute Gasteiger partial charge is 0.335 e. The minimum atomic E-state index is -1.13. The van der Waals surface area contributed by atoms with Crippen molar-refractivity contribution in [3.8, 4) is 0 Å². The fraction of sp³-hybridized carbons (Fsp3) is 0.0667. The summed E-state index contributed by atoms with van der Waals surface area (Å²) in [6, 6.07) is 21.4. The second-order valence-electron chi connectivity index (χ2n) is 8.66. The number of anilines is 2. The van der Waals surface area contributed by atoms with Crippen molar-refractivity contribution >= 4 is 75.8 Å². The topological polar surface area (TPSA) is 125 Å². The maximum Gasteiger partial charge on any atom is 0.335 e. The number of thioether (sulfide) groups is 1. The number of carboxylic acid groups (broad SMARTS) is 1. The molecule has 0 spiro atoms. The molecule has 1 atom stereocenters. The molecule has 4 rings (SSSR count). The summed E-state index contributed by atoms with van der Waals surface area (Å²) >= 11 is 8.87. The Labute approximate surface area is 249 Å². The fourth-order valence-corrected chi connectivity index (χ4v) is 5.18. The number of aromatic carboxylic acids is 1. The van der Waals surface area contributed by atoms with Crippen LogP contribution in [-0.2, 0) is 9.59 Å². The summed E-state index contributed by atoms with van der Waals surface area (Å²) in [6.07, 6.45) is 1.61. The summed E-state index contributed by atoms with van der Waals surface area (Å²) < 4.78 is 0. The maximum absolute atomic E-state index is 13.1. The van der Waals surface area contributed by atoms with Crippen molar-refractivity contribution in [3.05, 3.63) is 117 Å². The van der Waals surface area contributed by atoms with Gasteiger partial charge in [0.2, 0.25) is 5.91 Å². The zero-order valence-electron chi connectivity index (χ0n) is 21.6. The van der Waals surface area contributed by atoms with Crippen LogP contribution < -0.4 is 16.0 Å². The zero-order valence-corrected chi connectivity index (χ0v) is 24.0. The lowest BCUT2D eigenvalue weighted by atomic mass is 10.2. The van der Waals surface area contributed by atoms with E-state index in [-0.39, 0.29) is 27.9 Å². The number of nitrogens with one attached hydrogen (secondary N) is 3. The van der Waals surface area contributed by atoms with Crippen molar-refractivity contribution in [3.63, 3.8) is 0 Å². The Kier molecular flexibility index (Phi) is 9.96. The number of thiophene rings is 1. The molecule has 0 radical (unpaired) electrons. The van der Waals surface area contributed by atoms with Gasteiger partial charge in [-0.1, -0.05) is 29.8 Å². The lowest BCUT2D eigenvalue weighted by Crippen LogP contribution is -2.30. The first kappa shape index (κ1) is 29.6. The van der Waals surface area contributed by atoms with Crippen LogP contribution in [-0.4, -0.2) is 34.0 Å². The first-order valence-electron chi connectivity index (χ1n) is 12.2. The largest absolute Gasteiger partial charge is 0.478 e. The maximum atomic E-state index is 13.1. The SMILES string of the molecule is CC(Sc1ccc(NC(=O)/C(=C/c2ccsc2)NC(=O)c2ccccc2)cc1)C(=O)Nc1cc(C(=O)O)ccc1Cl. The van der Waals surface area contributed by atoms with E-state index in [0.717, 1.165) is 10.5 Å². The molecular weight excluding hydrogens is 582 g/mol. The van der Waals surface area contributed by atoms with Crippen LogP contribution in [0.2, 0.25) is 5.02 Å². The molecule has 0 saturated carbocycles. The third-order valence-corrected chi connectivity index (χ3v) is 7.79. The third kappa shape index (κ3) is 8.31. The summed E-state index contributed by atoms with van der Waals surface area (Å²) in [5, 5.41) is 20.8. The summed E-state index contributed by atoms with van der Waals surface area (Å²) in [5.41, 5.74) is 2.02. The Hall–Kier alpha value is -4.38. The molecule has 1 unspecified atom stereocenters. The minimum absolute atomic E-state index is 0.00981. The van der Waals surface area contributed by atoms with Gasteiger partial charge in [-0.25, -0.2) is 4.79 Å². The van der Waals surface area contributed by atoms with E-state index in [1.807, 2.05) is 16.8 Å². The average Bonchev–Trinajstić information content (AvgIpc) is 3.48. The number of hydrogen-bond acceptors (Lipinski definition) is 6. The molecule has 3 amide bonds. The standard InChI is InChI=1S/C30H24ClN3O5S2/c1-18(27(35)33-25-16-21(30(38)39)7-12-24(25)31)41-23-10-8-22(9-11-23)32-29(37)26(15-19-13-14-40-17-19)34-28(36)20-5-3-2-4-6-20/h2-18H,1H3,(H,32,37)(H,33,35)(H,34,36)(H,38,39)/b26-15-. The minimum Gasteiger partial charge on any atom is -0.478 e. The van der Waals surface area contributed by atoms with E-state index in [0.29, 0.717) is 11.3 Å². The summed E-state index contributed by atoms with van der Waals surface area (Å²) in [4.78, 5) is 50.6. The highest BCUT2D eigenvalue weighted by molar-refractivity contribution is 8.00. The van der Waals surface area contributed by atoms with Gasteiger partial charge in [0.05, 0.1) is 21.5 Å². The van der Waals surface area contributed by atoms with E-state index < -0.39 is 23.0 Å². The van der Waals surface area contributed by atoms with E-state index in [1.165, 1.54) is 41.3 Å². The van der Waals surface area contributed by atoms with Gasteiger partial charge in [0.15, 0.2) is 0 Å². The molecule has 0 fully saturated rings. The van der Waals surface area contributed by atoms with E-state index in [9.17, 15) is 24.3 Å². The van der Waals surface area contributed by atoms with Crippen LogP contribution in [0.25, 0.3) is 6.08 Å². The Morgan fingerprint density at radius 1 is 0.927 bits per heavy atom. The second kappa shape index (κ2) is 13.8. The summed E-state index contributed by atoms with van der Waals surface area (Å²) in [6.45, 7) is 1.71. The first-order chi connectivity index (χ1) is 19.7. The van der Waals surface area contributed by atoms with Gasteiger partial charge in [-0.3, -0.25) is 14.4 Å². The van der Waals surface area contributed by atoms with Gasteiger partial charge in [0.25, 0.3) is 11.8 Å². The monoisotopic (exact) mass is 605 g/mol. The first-order valence-corrected chi connectivity index (χ1v) is 14.4. The molecule has 208 valence electrons. The molecule has 0 saturated heterocycles. The van der Waals surface area contributed by atoms with Crippen molar-refractivity contribution < 1.29 is 24.3 Å². The van der Waals surface area contributed by atoms with Crippen molar-refractivity contribution in [2.75, 3.05) is 10.6 Å². The number of halogens is 1. The zero-order chi connectivity index (χ0) is 29.4. The van der Waals surface area contributed by atoms with Gasteiger partial charge in [-0.05, 0) is 90.0 Å². The number of rotatable bonds is 10. The van der Waals surface area contributed by atoms with Crippen molar-refractivity contribution in [2.24, 2.45) is 0 Å². The van der Waals surface area contributed by atoms with Crippen LogP contribution in [0.1, 0.15) is 33.2 Å². The predicted octanol–water partition coefficient (Wildman–Crippen LogP) is 6.63. The molecule has 0 aliphatic rings. The molecule has 4 N–H and O–H groups in total. The van der Waals surface area contributed by atoms with Gasteiger partial charge in [-0.2, -0.15) is 11.3 Å². The number of amides is 3. The van der Waals surface area contributed by atoms with E-state index in [4.69, 9.17) is 11.6 Å². The average molecular weight is 606 g/mol. The lowest BCUT2D eigenvalue weighted by Gasteiger charge is -2.14. The summed E-state index contributed by atoms with van der Waals surface area (Å²) in [7, 11) is 0. The van der Waals surface area contributed by atoms with E-state index in [1.54, 1.807) is 67.6 Å². The number of carboxylic acids is 1. The molecular formula is C30H24ClN3O5S2. The molecule has 0 aliphatic carbocycles. The molecule has 3 aromatic carbocycles. The van der Waals surface area contributed by atoms with Crippen molar-refractivity contribution in [1.82, 2.24) is 5.32 Å². The van der Waals surface area contributed by atoms with Gasteiger partial charge < -0.3 is 21.1 Å². The van der Waals surface area contributed by atoms with Gasteiger partial charge >= 0.3 is 5.97 Å². The van der Waals surface area contributed by atoms with Crippen LogP contribution in [0.4, 0.5) is 11.4 Å². The highest BCUT2D eigenvalue weighted by Crippen LogP contribution is 2.28. The number of carbonyl (C=O) groups is 4. The molecule has 41 heavy (non-hydrogen) atoms. The van der Waals surface area contributed by atoms with E-state index >= 15 is 0 Å². The van der Waals surface area contributed by atoms with Crippen LogP contribution >= 0.6 is 34.7 Å². The summed E-state index contributed by atoms with van der Waals surface area (Å²) in [5.74, 6) is -2.38. The predicted molar refractivity (Wildman–Crippen MR) is 164 cm³/mol. The van der Waals surface area contributed by atoms with Gasteiger partial charge in [0.1, 0.15) is 5.70 Å². The van der Waals surface area contributed by atoms with Gasteiger partial charge in [-0.15, -0.1) is 11.8 Å². The normalized spacial score (nSPS) is 11.8. The van der Waals surface area contributed by atoms with Crippen LogP contribution in [0.3, 0.4) is 0 Å². The Bertz CT molecular complexity index is 1590. The highest BCUT2D eigenvalue weighted by atomic mass is 35.5. The molecule has 4 aromatic rings. The van der Waals surface area contributed by atoms with Crippen LogP contribution in [0.15, 0.2) is 100 Å². The Balaban J connectivity index is 1.40. The van der Waals surface area contributed by atoms with E-state index in [2.05, 4.69) is 16.0 Å². The molecule has 1 heterocycles. The van der Waals surface area contributed by atoms with Crippen LogP contribution in [0, 0.1) is 0 Å². The Morgan fingerprint density at radius 2 is 1.66 bits per heavy atom. The quantitative estimate of drug-likeness (QED) is 0.119. The number of hydrogen-bond donors (Lipinski definition) is 4. The molecule has 8 nitrogen and oxygen atoms in total. The molecule has 11 heteroatoms. The van der Waals surface area contributed by atoms with Crippen molar-refractivity contribution in [1.29, 1.82) is 0 Å². The third-order valence-electron chi connectivity index (χ3n) is 5.65. The highest BCUT2D eigenvalue weighted by Gasteiger charge is 2.18. The van der Waals surface area contributed by atoms with Gasteiger partial charge in [0, 0.05) is 16.1 Å². The Morgan fingerprint density at radius 3 is 2.32 bits per heavy atom. The molecule has 0 bridgehead atoms. The fourth-order valence-electron chi connectivity index (χ4n) is 3.53. The number of benzene rings is 3. The van der Waals surface area contributed by atoms with Crippen molar-refractivity contribution in [2.45, 2.75) is 17.1 Å². The number of carbonyl (C=O) groups excluding carboxylic acids is 3. The lowest BCUT2D eigenvalue weighted by molar-refractivity contribution is -0.115. The molecule has 1 aromatic heterocycles. The second-order valence-corrected chi connectivity index (χ2v) is 11.3. The molecule has 0 aliphatic heterocycles. The van der Waals surface area contributed by atoms with Crippen LogP contribution in [0.5, 0.6) is 0 Å².